The van der Waals surface area contributed by atoms with Crippen molar-refractivity contribution in [1.29, 1.82) is 0 Å². The summed E-state index contributed by atoms with van der Waals surface area (Å²) in [7, 11) is 0. The Kier molecular flexibility index (Phi) is 3.01. The fraction of sp³-hybridized carbons (Fsp3) is 1.00. The topological polar surface area (TPSA) is 24.1 Å². The van der Waals surface area contributed by atoms with Gasteiger partial charge in [-0.25, -0.2) is 0 Å². The van der Waals surface area contributed by atoms with E-state index in [9.17, 15) is 0 Å². The normalized spacial score (nSPS) is 38.0. The van der Waals surface area contributed by atoms with Gasteiger partial charge >= 0.3 is 0 Å². The molecule has 2 unspecified atom stereocenters. The lowest BCUT2D eigenvalue weighted by Crippen LogP contribution is -2.21. The van der Waals surface area contributed by atoms with E-state index in [0.29, 0.717) is 0 Å². The van der Waals surface area contributed by atoms with Crippen molar-refractivity contribution in [2.75, 3.05) is 26.2 Å². The van der Waals surface area contributed by atoms with E-state index in [1.807, 2.05) is 0 Å². The van der Waals surface area contributed by atoms with Gasteiger partial charge in [-0.15, -0.1) is 0 Å². The molecular formula is C10H20N2. The largest absolute Gasteiger partial charge is 0.317 e. The van der Waals surface area contributed by atoms with Crippen LogP contribution < -0.4 is 10.6 Å². The summed E-state index contributed by atoms with van der Waals surface area (Å²) in [4.78, 5) is 0. The van der Waals surface area contributed by atoms with Crippen molar-refractivity contribution in [1.82, 2.24) is 10.6 Å². The molecule has 0 spiro atoms. The Hall–Kier alpha value is -0.0800. The van der Waals surface area contributed by atoms with E-state index in [-0.39, 0.29) is 0 Å². The van der Waals surface area contributed by atoms with E-state index in [1.54, 1.807) is 0 Å². The Labute approximate surface area is 75.1 Å². The van der Waals surface area contributed by atoms with Gasteiger partial charge in [0.25, 0.3) is 0 Å². The number of piperidine rings is 2. The molecule has 2 atom stereocenters. The first-order valence-electron chi connectivity index (χ1n) is 5.38. The molecule has 2 heteroatoms. The molecule has 0 radical (unpaired) electrons. The summed E-state index contributed by atoms with van der Waals surface area (Å²) in [6.45, 7) is 5.12. The Bertz CT molecular complexity index is 112. The van der Waals surface area contributed by atoms with Crippen molar-refractivity contribution in [3.8, 4) is 0 Å². The second-order valence-corrected chi connectivity index (χ2v) is 4.22. The Morgan fingerprint density at radius 2 is 1.42 bits per heavy atom. The molecule has 3 rings (SSSR count). The third kappa shape index (κ3) is 2.46. The summed E-state index contributed by atoms with van der Waals surface area (Å²) in [5, 5.41) is 6.61. The maximum atomic E-state index is 3.32. The summed E-state index contributed by atoms with van der Waals surface area (Å²) >= 11 is 0. The molecular weight excluding hydrogens is 148 g/mol. The fourth-order valence-electron chi connectivity index (χ4n) is 2.07. The smallest absolute Gasteiger partial charge is 0.00172 e. The summed E-state index contributed by atoms with van der Waals surface area (Å²) in [5.74, 6) is 2.20. The summed E-state index contributed by atoms with van der Waals surface area (Å²) in [6.07, 6.45) is 5.74. The zero-order chi connectivity index (χ0) is 8.23. The van der Waals surface area contributed by atoms with Gasteiger partial charge in [0.05, 0.1) is 0 Å². The first-order chi connectivity index (χ1) is 5.97. The molecule has 0 aromatic heterocycles. The number of hydrogen-bond acceptors (Lipinski definition) is 2. The second-order valence-electron chi connectivity index (χ2n) is 4.22. The van der Waals surface area contributed by atoms with Crippen LogP contribution in [-0.2, 0) is 0 Å². The van der Waals surface area contributed by atoms with Crippen LogP contribution >= 0.6 is 0 Å². The first-order valence-corrected chi connectivity index (χ1v) is 5.38. The van der Waals surface area contributed by atoms with Crippen molar-refractivity contribution in [2.45, 2.75) is 25.7 Å². The zero-order valence-corrected chi connectivity index (χ0v) is 7.81. The monoisotopic (exact) mass is 168 g/mol. The van der Waals surface area contributed by atoms with E-state index in [1.165, 1.54) is 51.9 Å². The van der Waals surface area contributed by atoms with E-state index in [4.69, 9.17) is 0 Å². The molecule has 3 fully saturated rings. The molecule has 2 saturated heterocycles. The number of nitrogens with one attached hydrogen (secondary N) is 2. The van der Waals surface area contributed by atoms with Crippen molar-refractivity contribution in [3.05, 3.63) is 0 Å². The van der Waals surface area contributed by atoms with Crippen LogP contribution in [0.5, 0.6) is 0 Å². The second kappa shape index (κ2) is 4.24. The van der Waals surface area contributed by atoms with Crippen LogP contribution in [0, 0.1) is 11.8 Å². The Balaban J connectivity index is 0.0000000939. The average molecular weight is 168 g/mol. The van der Waals surface area contributed by atoms with E-state index in [0.717, 1.165) is 11.8 Å². The lowest BCUT2D eigenvalue weighted by Gasteiger charge is -2.08. The maximum absolute atomic E-state index is 3.32. The summed E-state index contributed by atoms with van der Waals surface area (Å²) in [5.41, 5.74) is 0. The highest BCUT2D eigenvalue weighted by Gasteiger charge is 2.40. The average Bonchev–Trinajstić information content (AvgIpc) is 2.78. The summed E-state index contributed by atoms with van der Waals surface area (Å²) < 4.78 is 0. The Morgan fingerprint density at radius 3 is 1.58 bits per heavy atom. The number of rotatable bonds is 0. The van der Waals surface area contributed by atoms with Crippen LogP contribution in [0.2, 0.25) is 0 Å². The van der Waals surface area contributed by atoms with Gasteiger partial charge in [0, 0.05) is 0 Å². The first kappa shape index (κ1) is 8.52. The standard InChI is InChI=1S/C5H9N.C5H11N/c1-4-2-6-3-5(1)4;1-2-4-6-5-3-1/h4-6H,1-3H2;6H,1-5H2. The Morgan fingerprint density at radius 1 is 0.750 bits per heavy atom. The highest BCUT2D eigenvalue weighted by molar-refractivity contribution is 4.94. The van der Waals surface area contributed by atoms with Gasteiger partial charge in [-0.1, -0.05) is 6.42 Å². The van der Waals surface area contributed by atoms with Crippen molar-refractivity contribution in [3.63, 3.8) is 0 Å². The van der Waals surface area contributed by atoms with Crippen LogP contribution in [0.25, 0.3) is 0 Å². The SMILES string of the molecule is C1CCNCC1.C1NCC2CC12. The van der Waals surface area contributed by atoms with Gasteiger partial charge in [0.1, 0.15) is 0 Å². The van der Waals surface area contributed by atoms with Crippen LogP contribution in [-0.4, -0.2) is 26.2 Å². The zero-order valence-electron chi connectivity index (χ0n) is 7.81. The molecule has 0 aromatic rings. The maximum Gasteiger partial charge on any atom is -0.00172 e. The lowest BCUT2D eigenvalue weighted by atomic mass is 10.2. The van der Waals surface area contributed by atoms with Crippen molar-refractivity contribution >= 4 is 0 Å². The quantitative estimate of drug-likeness (QED) is 0.563. The third-order valence-electron chi connectivity index (χ3n) is 3.09. The molecule has 2 nitrogen and oxygen atoms in total. The van der Waals surface area contributed by atoms with Gasteiger partial charge in [-0.2, -0.15) is 0 Å². The molecule has 0 aromatic carbocycles. The highest BCUT2D eigenvalue weighted by Crippen LogP contribution is 2.40. The van der Waals surface area contributed by atoms with E-state index >= 15 is 0 Å². The molecule has 0 amide bonds. The lowest BCUT2D eigenvalue weighted by molar-refractivity contribution is 0.520. The van der Waals surface area contributed by atoms with Gasteiger partial charge in [-0.3, -0.25) is 0 Å². The van der Waals surface area contributed by atoms with Crippen LogP contribution in [0.3, 0.4) is 0 Å². The van der Waals surface area contributed by atoms with Gasteiger partial charge in [0.2, 0.25) is 0 Å². The van der Waals surface area contributed by atoms with E-state index in [2.05, 4.69) is 10.6 Å². The van der Waals surface area contributed by atoms with Crippen molar-refractivity contribution < 1.29 is 0 Å². The van der Waals surface area contributed by atoms with Gasteiger partial charge < -0.3 is 10.6 Å². The third-order valence-corrected chi connectivity index (χ3v) is 3.09. The van der Waals surface area contributed by atoms with Gasteiger partial charge in [0.15, 0.2) is 0 Å². The predicted octanol–water partition coefficient (Wildman–Crippen LogP) is 0.986. The number of hydrogen-bond donors (Lipinski definition) is 2. The molecule has 3 aliphatic rings. The van der Waals surface area contributed by atoms with E-state index < -0.39 is 0 Å². The van der Waals surface area contributed by atoms with Crippen LogP contribution in [0.15, 0.2) is 0 Å². The molecule has 70 valence electrons. The molecule has 2 aliphatic heterocycles. The van der Waals surface area contributed by atoms with Crippen molar-refractivity contribution in [2.24, 2.45) is 11.8 Å². The molecule has 2 heterocycles. The fourth-order valence-corrected chi connectivity index (χ4v) is 2.07. The molecule has 0 bridgehead atoms. The van der Waals surface area contributed by atoms with Crippen LogP contribution in [0.4, 0.5) is 0 Å². The molecule has 12 heavy (non-hydrogen) atoms. The highest BCUT2D eigenvalue weighted by atomic mass is 14.9. The minimum Gasteiger partial charge on any atom is -0.317 e. The van der Waals surface area contributed by atoms with Crippen LogP contribution in [0.1, 0.15) is 25.7 Å². The minimum absolute atomic E-state index is 1.10. The molecule has 1 saturated carbocycles. The predicted molar refractivity (Wildman–Crippen MR) is 51.2 cm³/mol. The van der Waals surface area contributed by atoms with Gasteiger partial charge in [-0.05, 0) is 57.3 Å². The molecule has 2 N–H and O–H groups in total. The summed E-state index contributed by atoms with van der Waals surface area (Å²) in [6, 6.07) is 0. The number of fused-ring (bicyclic) bond motifs is 1. The molecule has 1 aliphatic carbocycles. The minimum atomic E-state index is 1.10.